The molecule has 0 aliphatic rings. The molecule has 0 unspecified atom stereocenters. The summed E-state index contributed by atoms with van der Waals surface area (Å²) >= 11 is 0. The van der Waals surface area contributed by atoms with Crippen LogP contribution in [-0.4, -0.2) is 23.3 Å². The first-order chi connectivity index (χ1) is 12.8. The van der Waals surface area contributed by atoms with Crippen molar-refractivity contribution >= 4 is 5.97 Å². The first-order valence-corrected chi connectivity index (χ1v) is 8.57. The van der Waals surface area contributed by atoms with Crippen LogP contribution in [0.4, 0.5) is 17.6 Å². The number of aliphatic carboxylic acids is 1. The maximum atomic E-state index is 13.5. The van der Waals surface area contributed by atoms with Gasteiger partial charge in [0.1, 0.15) is 18.8 Å². The minimum Gasteiger partial charge on any atom is -0.480 e. The first-order valence-electron chi connectivity index (χ1n) is 8.57. The monoisotopic (exact) mass is 383 g/mol. The van der Waals surface area contributed by atoms with E-state index in [0.29, 0.717) is 17.5 Å². The predicted octanol–water partition coefficient (Wildman–Crippen LogP) is 5.27. The van der Waals surface area contributed by atoms with Gasteiger partial charge in [-0.3, -0.25) is 10.1 Å². The Morgan fingerprint density at radius 3 is 1.96 bits per heavy atom. The molecule has 2 atom stereocenters. The normalized spacial score (nSPS) is 14.0. The fourth-order valence-corrected chi connectivity index (χ4v) is 2.80. The Bertz CT molecular complexity index is 742. The number of nitrogens with one attached hydrogen (secondary N) is 1. The van der Waals surface area contributed by atoms with Crippen LogP contribution in [0.5, 0.6) is 0 Å². The highest BCUT2D eigenvalue weighted by Crippen LogP contribution is 2.34. The van der Waals surface area contributed by atoms with Crippen LogP contribution < -0.4 is 5.32 Å². The highest BCUT2D eigenvalue weighted by molar-refractivity contribution is 5.73. The lowest BCUT2D eigenvalue weighted by Crippen LogP contribution is -2.44. The van der Waals surface area contributed by atoms with Gasteiger partial charge < -0.3 is 5.11 Å². The lowest BCUT2D eigenvalue weighted by molar-refractivity contribution is -0.163. The topological polar surface area (TPSA) is 49.3 Å². The Kier molecular flexibility index (Phi) is 6.96. The van der Waals surface area contributed by atoms with Crippen molar-refractivity contribution in [1.82, 2.24) is 5.32 Å². The van der Waals surface area contributed by atoms with Crippen LogP contribution in [0.3, 0.4) is 0 Å². The van der Waals surface area contributed by atoms with Crippen LogP contribution in [0.2, 0.25) is 0 Å². The van der Waals surface area contributed by atoms with Gasteiger partial charge in [-0.25, -0.2) is 4.39 Å². The standard InChI is InChI=1S/C20H21F4NO2/c1-2-3-17(19(26)27)25-18(20(22,23)24)16-10-8-15(9-11-16)14-6-4-13(12-21)5-7-14/h4-11,17-18,25H,2-3,12H2,1H3,(H,26,27)/t17-,18-/m0/s1. The molecule has 0 fully saturated rings. The van der Waals surface area contributed by atoms with E-state index in [1.54, 1.807) is 31.2 Å². The quantitative estimate of drug-likeness (QED) is 0.611. The number of carboxylic acids is 1. The van der Waals surface area contributed by atoms with Gasteiger partial charge in [-0.1, -0.05) is 61.9 Å². The average molecular weight is 383 g/mol. The van der Waals surface area contributed by atoms with Crippen LogP contribution in [0.1, 0.15) is 36.9 Å². The molecule has 0 aromatic heterocycles. The largest absolute Gasteiger partial charge is 0.480 e. The SMILES string of the molecule is CCC[C@H](N[C@@H](c1ccc(-c2ccc(CF)cc2)cc1)C(F)(F)F)C(=O)O. The third-order valence-corrected chi connectivity index (χ3v) is 4.26. The third-order valence-electron chi connectivity index (χ3n) is 4.26. The smallest absolute Gasteiger partial charge is 0.407 e. The molecule has 2 aromatic rings. The molecular weight excluding hydrogens is 362 g/mol. The number of benzene rings is 2. The summed E-state index contributed by atoms with van der Waals surface area (Å²) in [5.74, 6) is -1.31. The van der Waals surface area contributed by atoms with Gasteiger partial charge in [0.2, 0.25) is 0 Å². The molecule has 2 rings (SSSR count). The Morgan fingerprint density at radius 1 is 1.04 bits per heavy atom. The molecule has 0 radical (unpaired) electrons. The van der Waals surface area contributed by atoms with E-state index in [2.05, 4.69) is 5.32 Å². The lowest BCUT2D eigenvalue weighted by Gasteiger charge is -2.26. The fraction of sp³-hybridized carbons (Fsp3) is 0.350. The maximum absolute atomic E-state index is 13.5. The highest BCUT2D eigenvalue weighted by atomic mass is 19.4. The Morgan fingerprint density at radius 2 is 1.56 bits per heavy atom. The van der Waals surface area contributed by atoms with Gasteiger partial charge in [0.25, 0.3) is 0 Å². The molecule has 0 bridgehead atoms. The second-order valence-electron chi connectivity index (χ2n) is 6.27. The zero-order valence-corrected chi connectivity index (χ0v) is 14.8. The number of hydrogen-bond acceptors (Lipinski definition) is 2. The van der Waals surface area contributed by atoms with Crippen molar-refractivity contribution < 1.29 is 27.5 Å². The Labute approximate surface area is 155 Å². The number of carboxylic acid groups (broad SMARTS) is 1. The molecule has 27 heavy (non-hydrogen) atoms. The van der Waals surface area contributed by atoms with Crippen LogP contribution >= 0.6 is 0 Å². The summed E-state index contributed by atoms with van der Waals surface area (Å²) in [6.45, 7) is 1.13. The van der Waals surface area contributed by atoms with Crippen molar-refractivity contribution in [3.05, 3.63) is 59.7 Å². The molecule has 0 aliphatic heterocycles. The van der Waals surface area contributed by atoms with E-state index >= 15 is 0 Å². The Hall–Kier alpha value is -2.41. The average Bonchev–Trinajstić information content (AvgIpc) is 2.64. The lowest BCUT2D eigenvalue weighted by atomic mass is 9.99. The number of hydrogen-bond donors (Lipinski definition) is 2. The molecule has 0 amide bonds. The van der Waals surface area contributed by atoms with Crippen molar-refractivity contribution in [1.29, 1.82) is 0 Å². The van der Waals surface area contributed by atoms with E-state index in [1.165, 1.54) is 24.3 Å². The van der Waals surface area contributed by atoms with Gasteiger partial charge in [-0.2, -0.15) is 13.2 Å². The second-order valence-corrected chi connectivity index (χ2v) is 6.27. The van der Waals surface area contributed by atoms with Gasteiger partial charge >= 0.3 is 12.1 Å². The summed E-state index contributed by atoms with van der Waals surface area (Å²) in [5.41, 5.74) is 1.90. The van der Waals surface area contributed by atoms with Crippen molar-refractivity contribution in [2.24, 2.45) is 0 Å². The summed E-state index contributed by atoms with van der Waals surface area (Å²) in [6.07, 6.45) is -4.09. The van der Waals surface area contributed by atoms with Crippen LogP contribution in [0.25, 0.3) is 11.1 Å². The van der Waals surface area contributed by atoms with E-state index < -0.39 is 30.9 Å². The molecule has 3 nitrogen and oxygen atoms in total. The third kappa shape index (κ3) is 5.53. The van der Waals surface area contributed by atoms with Crippen LogP contribution in [-0.2, 0) is 11.5 Å². The van der Waals surface area contributed by atoms with Crippen molar-refractivity contribution in [2.45, 2.75) is 44.7 Å². The molecular formula is C20H21F4NO2. The number of rotatable bonds is 8. The minimum absolute atomic E-state index is 0.0611. The molecule has 0 heterocycles. The molecule has 2 aromatic carbocycles. The number of alkyl halides is 4. The Balaban J connectivity index is 2.27. The second kappa shape index (κ2) is 8.99. The summed E-state index contributed by atoms with van der Waals surface area (Å²) in [7, 11) is 0. The fourth-order valence-electron chi connectivity index (χ4n) is 2.80. The van der Waals surface area contributed by atoms with Gasteiger partial charge in [-0.15, -0.1) is 0 Å². The molecule has 2 N–H and O–H groups in total. The van der Waals surface area contributed by atoms with E-state index in [0.717, 1.165) is 5.56 Å². The number of halogens is 4. The minimum atomic E-state index is -4.63. The number of carbonyl (C=O) groups is 1. The van der Waals surface area contributed by atoms with Crippen molar-refractivity contribution in [3.8, 4) is 11.1 Å². The van der Waals surface area contributed by atoms with E-state index in [4.69, 9.17) is 5.11 Å². The van der Waals surface area contributed by atoms with Crippen molar-refractivity contribution in [3.63, 3.8) is 0 Å². The summed E-state index contributed by atoms with van der Waals surface area (Å²) in [6, 6.07) is 9.00. The zero-order valence-electron chi connectivity index (χ0n) is 14.8. The predicted molar refractivity (Wildman–Crippen MR) is 95.0 cm³/mol. The van der Waals surface area contributed by atoms with Crippen molar-refractivity contribution in [2.75, 3.05) is 0 Å². The van der Waals surface area contributed by atoms with E-state index in [1.807, 2.05) is 0 Å². The molecule has 0 spiro atoms. The molecule has 0 saturated heterocycles. The van der Waals surface area contributed by atoms with Gasteiger partial charge in [0.15, 0.2) is 0 Å². The molecule has 7 heteroatoms. The van der Waals surface area contributed by atoms with Crippen LogP contribution in [0, 0.1) is 0 Å². The maximum Gasteiger partial charge on any atom is 0.407 e. The summed E-state index contributed by atoms with van der Waals surface area (Å²) < 4.78 is 53.0. The zero-order chi connectivity index (χ0) is 20.0. The molecule has 0 aliphatic carbocycles. The molecule has 0 saturated carbocycles. The van der Waals surface area contributed by atoms with E-state index in [-0.39, 0.29) is 12.0 Å². The molecule has 146 valence electrons. The highest BCUT2D eigenvalue weighted by Gasteiger charge is 2.42. The van der Waals surface area contributed by atoms with E-state index in [9.17, 15) is 22.4 Å². The van der Waals surface area contributed by atoms with Gasteiger partial charge in [0, 0.05) is 0 Å². The first kappa shape index (κ1) is 20.9. The van der Waals surface area contributed by atoms with Gasteiger partial charge in [-0.05, 0) is 28.7 Å². The summed E-state index contributed by atoms with van der Waals surface area (Å²) in [5, 5.41) is 11.4. The summed E-state index contributed by atoms with van der Waals surface area (Å²) in [4.78, 5) is 11.2. The van der Waals surface area contributed by atoms with Crippen LogP contribution in [0.15, 0.2) is 48.5 Å². The van der Waals surface area contributed by atoms with Gasteiger partial charge in [0.05, 0.1) is 0 Å².